The minimum atomic E-state index is -0.235. The number of allylic oxidation sites excluding steroid dienone is 2. The lowest BCUT2D eigenvalue weighted by atomic mass is 9.94. The highest BCUT2D eigenvalue weighted by molar-refractivity contribution is 6.00. The van der Waals surface area contributed by atoms with E-state index in [-0.39, 0.29) is 17.7 Å². The molecule has 2 amide bonds. The number of amides is 2. The fourth-order valence-corrected chi connectivity index (χ4v) is 3.62. The van der Waals surface area contributed by atoms with Crippen LogP contribution in [0.25, 0.3) is 0 Å². The molecule has 3 rings (SSSR count). The summed E-state index contributed by atoms with van der Waals surface area (Å²) in [5, 5.41) is 3.06. The van der Waals surface area contributed by atoms with Crippen molar-refractivity contribution in [3.63, 3.8) is 0 Å². The van der Waals surface area contributed by atoms with E-state index in [4.69, 9.17) is 0 Å². The van der Waals surface area contributed by atoms with Crippen LogP contribution < -0.4 is 10.2 Å². The zero-order valence-electron chi connectivity index (χ0n) is 14.3. The third kappa shape index (κ3) is 3.69. The monoisotopic (exact) mass is 326 g/mol. The van der Waals surface area contributed by atoms with Crippen LogP contribution >= 0.6 is 0 Å². The van der Waals surface area contributed by atoms with Gasteiger partial charge in [0.1, 0.15) is 0 Å². The molecule has 0 radical (unpaired) electrons. The highest BCUT2D eigenvalue weighted by Crippen LogP contribution is 2.28. The van der Waals surface area contributed by atoms with Gasteiger partial charge in [-0.2, -0.15) is 0 Å². The molecule has 24 heavy (non-hydrogen) atoms. The van der Waals surface area contributed by atoms with Gasteiger partial charge in [0.05, 0.1) is 5.92 Å². The molecule has 2 atom stereocenters. The molecule has 4 nitrogen and oxygen atoms in total. The fraction of sp³-hybridized carbons (Fsp3) is 0.500. The molecule has 0 spiro atoms. The average molecular weight is 326 g/mol. The molecule has 1 heterocycles. The van der Waals surface area contributed by atoms with Gasteiger partial charge in [0.2, 0.25) is 11.8 Å². The van der Waals surface area contributed by atoms with Gasteiger partial charge in [0.15, 0.2) is 0 Å². The molecular formula is C20H26N2O2. The summed E-state index contributed by atoms with van der Waals surface area (Å²) < 4.78 is 0. The van der Waals surface area contributed by atoms with Gasteiger partial charge in [-0.3, -0.25) is 9.59 Å². The predicted octanol–water partition coefficient (Wildman–Crippen LogP) is 3.07. The number of hydrogen-bond donors (Lipinski definition) is 1. The Bertz CT molecular complexity index is 638. The van der Waals surface area contributed by atoms with E-state index >= 15 is 0 Å². The molecule has 1 aromatic rings. The van der Waals surface area contributed by atoms with Crippen LogP contribution in [0.5, 0.6) is 0 Å². The number of aryl methyl sites for hydroxylation is 1. The SMILES string of the molecule is CCc1ccccc1N1CC(C(=O)NCC2CC=CCC2)CC1=O. The summed E-state index contributed by atoms with van der Waals surface area (Å²) in [5.74, 6) is 0.376. The van der Waals surface area contributed by atoms with Crippen molar-refractivity contribution in [1.29, 1.82) is 0 Å². The molecule has 1 aliphatic carbocycles. The summed E-state index contributed by atoms with van der Waals surface area (Å²) in [7, 11) is 0. The normalized spacial score (nSPS) is 23.5. The standard InChI is InChI=1S/C20H26N2O2/c1-2-16-10-6-7-11-18(16)22-14-17(12-19(22)23)20(24)21-13-15-8-4-3-5-9-15/h3-4,6-7,10-11,15,17H,2,5,8-9,12-14H2,1H3,(H,21,24). The van der Waals surface area contributed by atoms with E-state index < -0.39 is 0 Å². The van der Waals surface area contributed by atoms with Gasteiger partial charge >= 0.3 is 0 Å². The van der Waals surface area contributed by atoms with Crippen LogP contribution in [0, 0.1) is 11.8 Å². The lowest BCUT2D eigenvalue weighted by Gasteiger charge is -2.21. The maximum Gasteiger partial charge on any atom is 0.227 e. The average Bonchev–Trinajstić information content (AvgIpc) is 3.02. The Labute approximate surface area is 143 Å². The molecule has 128 valence electrons. The largest absolute Gasteiger partial charge is 0.356 e. The molecule has 1 N–H and O–H groups in total. The van der Waals surface area contributed by atoms with Crippen LogP contribution in [-0.2, 0) is 16.0 Å². The smallest absolute Gasteiger partial charge is 0.227 e. The molecule has 2 aliphatic rings. The van der Waals surface area contributed by atoms with Crippen molar-refractivity contribution in [1.82, 2.24) is 5.32 Å². The van der Waals surface area contributed by atoms with Crippen LogP contribution in [0.3, 0.4) is 0 Å². The topological polar surface area (TPSA) is 49.4 Å². The van der Waals surface area contributed by atoms with Crippen molar-refractivity contribution in [3.8, 4) is 0 Å². The molecule has 1 aliphatic heterocycles. The summed E-state index contributed by atoms with van der Waals surface area (Å²) in [6, 6.07) is 7.97. The van der Waals surface area contributed by atoms with E-state index in [1.165, 1.54) is 0 Å². The molecule has 0 aromatic heterocycles. The van der Waals surface area contributed by atoms with Crippen molar-refractivity contribution in [2.45, 2.75) is 39.0 Å². The fourth-order valence-electron chi connectivity index (χ4n) is 3.62. The number of carbonyl (C=O) groups is 2. The lowest BCUT2D eigenvalue weighted by Crippen LogP contribution is -2.36. The van der Waals surface area contributed by atoms with E-state index in [0.717, 1.165) is 43.5 Å². The zero-order valence-corrected chi connectivity index (χ0v) is 14.3. The number of hydrogen-bond acceptors (Lipinski definition) is 2. The van der Waals surface area contributed by atoms with Gasteiger partial charge in [-0.15, -0.1) is 0 Å². The molecule has 0 saturated carbocycles. The van der Waals surface area contributed by atoms with Crippen LogP contribution in [0.4, 0.5) is 5.69 Å². The van der Waals surface area contributed by atoms with Crippen molar-refractivity contribution < 1.29 is 9.59 Å². The highest BCUT2D eigenvalue weighted by atomic mass is 16.2. The third-order valence-corrected chi connectivity index (χ3v) is 5.10. The van der Waals surface area contributed by atoms with Crippen molar-refractivity contribution in [2.75, 3.05) is 18.0 Å². The molecule has 0 bridgehead atoms. The summed E-state index contributed by atoms with van der Waals surface area (Å²) in [6.07, 6.45) is 8.88. The Morgan fingerprint density at radius 3 is 2.88 bits per heavy atom. The van der Waals surface area contributed by atoms with Gasteiger partial charge in [0.25, 0.3) is 0 Å². The zero-order chi connectivity index (χ0) is 16.9. The molecule has 4 heteroatoms. The lowest BCUT2D eigenvalue weighted by molar-refractivity contribution is -0.126. The second-order valence-corrected chi connectivity index (χ2v) is 6.78. The van der Waals surface area contributed by atoms with E-state index in [1.54, 1.807) is 4.90 Å². The Hall–Kier alpha value is -2.10. The number of nitrogens with zero attached hydrogens (tertiary/aromatic N) is 1. The van der Waals surface area contributed by atoms with Crippen molar-refractivity contribution in [3.05, 3.63) is 42.0 Å². The molecule has 1 aromatic carbocycles. The first-order valence-corrected chi connectivity index (χ1v) is 9.00. The van der Waals surface area contributed by atoms with E-state index in [9.17, 15) is 9.59 Å². The summed E-state index contributed by atoms with van der Waals surface area (Å²) >= 11 is 0. The van der Waals surface area contributed by atoms with Crippen LogP contribution in [-0.4, -0.2) is 24.9 Å². The maximum absolute atomic E-state index is 12.5. The van der Waals surface area contributed by atoms with Crippen LogP contribution in [0.1, 0.15) is 38.2 Å². The summed E-state index contributed by atoms with van der Waals surface area (Å²) in [4.78, 5) is 26.6. The number of para-hydroxylation sites is 1. The maximum atomic E-state index is 12.5. The van der Waals surface area contributed by atoms with E-state index in [2.05, 4.69) is 24.4 Å². The first-order valence-electron chi connectivity index (χ1n) is 9.00. The van der Waals surface area contributed by atoms with Gasteiger partial charge in [-0.25, -0.2) is 0 Å². The van der Waals surface area contributed by atoms with Crippen molar-refractivity contribution >= 4 is 17.5 Å². The first kappa shape index (κ1) is 16.7. The van der Waals surface area contributed by atoms with Gasteiger partial charge in [-0.05, 0) is 43.2 Å². The van der Waals surface area contributed by atoms with Gasteiger partial charge < -0.3 is 10.2 Å². The second kappa shape index (κ2) is 7.65. The second-order valence-electron chi connectivity index (χ2n) is 6.78. The van der Waals surface area contributed by atoms with E-state index in [0.29, 0.717) is 18.9 Å². The number of rotatable bonds is 5. The Balaban J connectivity index is 1.59. The van der Waals surface area contributed by atoms with Crippen LogP contribution in [0.15, 0.2) is 36.4 Å². The highest BCUT2D eigenvalue weighted by Gasteiger charge is 2.35. The minimum absolute atomic E-state index is 0.0226. The Morgan fingerprint density at radius 2 is 2.12 bits per heavy atom. The van der Waals surface area contributed by atoms with E-state index in [1.807, 2.05) is 24.3 Å². The molecule has 2 unspecified atom stereocenters. The molecule has 1 fully saturated rings. The van der Waals surface area contributed by atoms with Crippen molar-refractivity contribution in [2.24, 2.45) is 11.8 Å². The number of benzene rings is 1. The van der Waals surface area contributed by atoms with Gasteiger partial charge in [0, 0.05) is 25.2 Å². The number of anilines is 1. The number of nitrogens with one attached hydrogen (secondary N) is 1. The quantitative estimate of drug-likeness (QED) is 0.846. The third-order valence-electron chi connectivity index (χ3n) is 5.10. The Morgan fingerprint density at radius 1 is 1.29 bits per heavy atom. The summed E-state index contributed by atoms with van der Waals surface area (Å²) in [5.41, 5.74) is 2.11. The first-order chi connectivity index (χ1) is 11.7. The predicted molar refractivity (Wildman–Crippen MR) is 95.8 cm³/mol. The Kier molecular flexibility index (Phi) is 5.34. The number of carbonyl (C=O) groups excluding carboxylic acids is 2. The molecular weight excluding hydrogens is 300 g/mol. The summed E-state index contributed by atoms with van der Waals surface area (Å²) in [6.45, 7) is 3.30. The van der Waals surface area contributed by atoms with Crippen LogP contribution in [0.2, 0.25) is 0 Å². The molecule has 1 saturated heterocycles. The van der Waals surface area contributed by atoms with Gasteiger partial charge in [-0.1, -0.05) is 37.3 Å². The minimum Gasteiger partial charge on any atom is -0.356 e.